The van der Waals surface area contributed by atoms with Crippen LogP contribution in [0.3, 0.4) is 0 Å². The number of anilines is 2. The maximum Gasteiger partial charge on any atom is 0.217 e. The molecule has 4 aromatic heterocycles. The van der Waals surface area contributed by atoms with Gasteiger partial charge in [0.25, 0.3) is 0 Å². The number of amides is 1. The molecule has 0 radical (unpaired) electrons. The molecule has 11 nitrogen and oxygen atoms in total. The summed E-state index contributed by atoms with van der Waals surface area (Å²) in [7, 11) is 0. The number of hydrogen-bond donors (Lipinski definition) is 2. The lowest BCUT2D eigenvalue weighted by molar-refractivity contribution is -0.120. The molecule has 1 saturated carbocycles. The molecule has 2 atom stereocenters. The van der Waals surface area contributed by atoms with E-state index in [9.17, 15) is 10.1 Å². The van der Waals surface area contributed by atoms with Crippen LogP contribution in [0.4, 0.5) is 10.8 Å². The molecule has 1 aliphatic carbocycles. The van der Waals surface area contributed by atoms with Gasteiger partial charge in [-0.1, -0.05) is 11.3 Å². The lowest BCUT2D eigenvalue weighted by atomic mass is 9.92. The lowest BCUT2D eigenvalue weighted by Crippen LogP contribution is -2.53. The van der Waals surface area contributed by atoms with Gasteiger partial charge in [0.15, 0.2) is 5.01 Å². The molecular weight excluding hydrogens is 526 g/mol. The summed E-state index contributed by atoms with van der Waals surface area (Å²) in [5.74, 6) is 0.911. The Bertz CT molecular complexity index is 1640. The smallest absolute Gasteiger partial charge is 0.217 e. The van der Waals surface area contributed by atoms with Crippen molar-refractivity contribution in [3.05, 3.63) is 42.2 Å². The highest BCUT2D eigenvalue weighted by molar-refractivity contribution is 7.18. The van der Waals surface area contributed by atoms with Crippen LogP contribution in [-0.2, 0) is 9.53 Å². The van der Waals surface area contributed by atoms with Crippen LogP contribution in [0, 0.1) is 23.2 Å². The summed E-state index contributed by atoms with van der Waals surface area (Å²) in [5, 5.41) is 31.4. The van der Waals surface area contributed by atoms with E-state index in [-0.39, 0.29) is 17.5 Å². The van der Waals surface area contributed by atoms with Crippen LogP contribution in [0.1, 0.15) is 32.3 Å². The van der Waals surface area contributed by atoms with Crippen molar-refractivity contribution in [3.8, 4) is 28.0 Å². The highest BCUT2D eigenvalue weighted by atomic mass is 32.1. The van der Waals surface area contributed by atoms with Gasteiger partial charge in [0.05, 0.1) is 53.0 Å². The number of carbonyl (C=O) groups is 1. The third-order valence-electron chi connectivity index (χ3n) is 8.19. The Kier molecular flexibility index (Phi) is 5.94. The summed E-state index contributed by atoms with van der Waals surface area (Å²) in [4.78, 5) is 18.8. The molecule has 3 fully saturated rings. The highest BCUT2D eigenvalue weighted by Gasteiger charge is 2.43. The number of nitriles is 1. The second-order valence-corrected chi connectivity index (χ2v) is 12.3. The second kappa shape index (κ2) is 9.53. The van der Waals surface area contributed by atoms with Crippen molar-refractivity contribution in [2.24, 2.45) is 11.8 Å². The van der Waals surface area contributed by atoms with E-state index in [0.717, 1.165) is 64.2 Å². The van der Waals surface area contributed by atoms with Gasteiger partial charge in [-0.05, 0) is 55.9 Å². The number of carbonyl (C=O) groups excluding carboxylic acids is 1. The van der Waals surface area contributed by atoms with Crippen molar-refractivity contribution in [2.45, 2.75) is 38.3 Å². The standard InChI is InChI=1S/C28H29N9O2S/c1-16(38)32-25-18-3-4-19(25)13-36(12-18)27-35-34-26(40-27)21-11-30-23(8-22(21)33-28(2)14-39-15-28)24-6-5-20-7-17(9-29)10-31-37(20)24/h5-8,10-11,18-19,25H,3-4,12-15H2,1-2H3,(H,30,33)(H,32,38). The van der Waals surface area contributed by atoms with E-state index in [4.69, 9.17) is 9.72 Å². The summed E-state index contributed by atoms with van der Waals surface area (Å²) < 4.78 is 7.30. The minimum atomic E-state index is -0.188. The first-order valence-corrected chi connectivity index (χ1v) is 14.3. The van der Waals surface area contributed by atoms with E-state index >= 15 is 0 Å². The number of rotatable bonds is 6. The summed E-state index contributed by atoms with van der Waals surface area (Å²) in [6, 6.07) is 10.1. The number of nitrogens with one attached hydrogen (secondary N) is 2. The summed E-state index contributed by atoms with van der Waals surface area (Å²) >= 11 is 1.57. The Morgan fingerprint density at radius 1 is 1.18 bits per heavy atom. The Labute approximate surface area is 235 Å². The Morgan fingerprint density at radius 2 is 1.98 bits per heavy atom. The molecule has 2 unspecified atom stereocenters. The summed E-state index contributed by atoms with van der Waals surface area (Å²) in [6.45, 7) is 6.71. The van der Waals surface area contributed by atoms with Crippen LogP contribution >= 0.6 is 11.3 Å². The minimum absolute atomic E-state index is 0.0472. The molecule has 6 heterocycles. The second-order valence-electron chi connectivity index (χ2n) is 11.3. The van der Waals surface area contributed by atoms with Crippen molar-refractivity contribution < 1.29 is 9.53 Å². The molecule has 2 aliphatic heterocycles. The van der Waals surface area contributed by atoms with Gasteiger partial charge in [0, 0.05) is 37.9 Å². The molecule has 12 heteroatoms. The van der Waals surface area contributed by atoms with Gasteiger partial charge >= 0.3 is 0 Å². The first-order valence-electron chi connectivity index (χ1n) is 13.5. The molecule has 204 valence electrons. The van der Waals surface area contributed by atoms with Gasteiger partial charge in [0.2, 0.25) is 11.0 Å². The molecular formula is C28H29N9O2S. The zero-order valence-corrected chi connectivity index (χ0v) is 23.1. The molecule has 40 heavy (non-hydrogen) atoms. The predicted molar refractivity (Wildman–Crippen MR) is 151 cm³/mol. The predicted octanol–water partition coefficient (Wildman–Crippen LogP) is 3.34. The van der Waals surface area contributed by atoms with Crippen molar-refractivity contribution >= 4 is 33.6 Å². The van der Waals surface area contributed by atoms with E-state index in [1.54, 1.807) is 29.0 Å². The Hall–Kier alpha value is -4.08. The highest BCUT2D eigenvalue weighted by Crippen LogP contribution is 2.42. The van der Waals surface area contributed by atoms with Crippen molar-refractivity contribution in [1.29, 1.82) is 5.26 Å². The quantitative estimate of drug-likeness (QED) is 0.367. The number of pyridine rings is 1. The molecule has 3 aliphatic rings. The Morgan fingerprint density at radius 3 is 2.67 bits per heavy atom. The first kappa shape index (κ1) is 24.9. The van der Waals surface area contributed by atoms with E-state index in [1.165, 1.54) is 0 Å². The normalized spacial score (nSPS) is 23.0. The monoisotopic (exact) mass is 555 g/mol. The van der Waals surface area contributed by atoms with Gasteiger partial charge in [-0.25, -0.2) is 4.52 Å². The van der Waals surface area contributed by atoms with E-state index < -0.39 is 0 Å². The molecule has 2 saturated heterocycles. The van der Waals surface area contributed by atoms with Gasteiger partial charge in [-0.2, -0.15) is 10.4 Å². The number of piperidine rings is 1. The Balaban J connectivity index is 1.20. The van der Waals surface area contributed by atoms with Crippen molar-refractivity contribution in [3.63, 3.8) is 0 Å². The maximum atomic E-state index is 11.7. The molecule has 0 aromatic carbocycles. The largest absolute Gasteiger partial charge is 0.376 e. The fourth-order valence-corrected chi connectivity index (χ4v) is 7.12. The number of ether oxygens (including phenoxy) is 1. The average Bonchev–Trinajstić information content (AvgIpc) is 3.63. The van der Waals surface area contributed by atoms with E-state index in [1.807, 2.05) is 30.5 Å². The van der Waals surface area contributed by atoms with Crippen LogP contribution < -0.4 is 15.5 Å². The number of nitrogens with zero attached hydrogens (tertiary/aromatic N) is 7. The van der Waals surface area contributed by atoms with Crippen molar-refractivity contribution in [2.75, 3.05) is 36.5 Å². The fraction of sp³-hybridized carbons (Fsp3) is 0.429. The minimum Gasteiger partial charge on any atom is -0.376 e. The maximum absolute atomic E-state index is 11.7. The summed E-state index contributed by atoms with van der Waals surface area (Å²) in [5.41, 5.74) is 4.54. The zero-order valence-electron chi connectivity index (χ0n) is 22.3. The van der Waals surface area contributed by atoms with E-state index in [2.05, 4.69) is 43.8 Å². The van der Waals surface area contributed by atoms with Crippen LogP contribution in [0.5, 0.6) is 0 Å². The summed E-state index contributed by atoms with van der Waals surface area (Å²) in [6.07, 6.45) is 5.66. The van der Waals surface area contributed by atoms with Crippen LogP contribution in [-0.4, -0.2) is 68.6 Å². The van der Waals surface area contributed by atoms with Crippen LogP contribution in [0.2, 0.25) is 0 Å². The van der Waals surface area contributed by atoms with Gasteiger partial charge in [-0.15, -0.1) is 10.2 Å². The molecule has 4 aromatic rings. The van der Waals surface area contributed by atoms with Crippen LogP contribution in [0.25, 0.3) is 27.5 Å². The third kappa shape index (κ3) is 4.35. The number of aromatic nitrogens is 5. The van der Waals surface area contributed by atoms with E-state index in [0.29, 0.717) is 30.6 Å². The third-order valence-corrected chi connectivity index (χ3v) is 9.21. The average molecular weight is 556 g/mol. The van der Waals surface area contributed by atoms with Gasteiger partial charge in [0.1, 0.15) is 6.07 Å². The lowest BCUT2D eigenvalue weighted by Gasteiger charge is -2.40. The zero-order chi connectivity index (χ0) is 27.4. The fourth-order valence-electron chi connectivity index (χ4n) is 6.23. The number of hydrogen-bond acceptors (Lipinski definition) is 10. The topological polar surface area (TPSA) is 133 Å². The number of fused-ring (bicyclic) bond motifs is 3. The van der Waals surface area contributed by atoms with Gasteiger partial charge in [-0.3, -0.25) is 9.78 Å². The molecule has 7 rings (SSSR count). The molecule has 2 N–H and O–H groups in total. The molecule has 2 bridgehead atoms. The van der Waals surface area contributed by atoms with Crippen molar-refractivity contribution in [1.82, 2.24) is 30.1 Å². The molecule has 0 spiro atoms. The first-order chi connectivity index (χ1) is 19.4. The SMILES string of the molecule is CC(=O)NC1C2CCC1CN(c1nnc(-c3cnc(-c4ccc5cc(C#N)cnn45)cc3NC3(C)COC3)s1)C2. The van der Waals surface area contributed by atoms with Crippen LogP contribution in [0.15, 0.2) is 36.7 Å². The van der Waals surface area contributed by atoms with Gasteiger partial charge < -0.3 is 20.3 Å². The molecule has 1 amide bonds.